The number of nitrogens with zero attached hydrogens (tertiary/aromatic N) is 4. The smallest absolute Gasteiger partial charge is 0.272 e. The highest BCUT2D eigenvalue weighted by molar-refractivity contribution is 5.94. The van der Waals surface area contributed by atoms with Gasteiger partial charge in [-0.3, -0.25) is 14.5 Å². The lowest BCUT2D eigenvalue weighted by molar-refractivity contribution is 0.0598. The van der Waals surface area contributed by atoms with E-state index >= 15 is 0 Å². The molecule has 1 aliphatic carbocycles. The molecule has 1 amide bonds. The predicted octanol–water partition coefficient (Wildman–Crippen LogP) is 3.06. The van der Waals surface area contributed by atoms with E-state index in [2.05, 4.69) is 16.1 Å². The molecule has 0 radical (unpaired) electrons. The Balaban J connectivity index is 1.69. The van der Waals surface area contributed by atoms with Crippen molar-refractivity contribution < 1.29 is 4.79 Å². The second-order valence-electron chi connectivity index (χ2n) is 6.90. The van der Waals surface area contributed by atoms with Crippen LogP contribution >= 0.6 is 0 Å². The minimum Gasteiger partial charge on any atom is -0.330 e. The van der Waals surface area contributed by atoms with E-state index in [-0.39, 0.29) is 11.9 Å². The van der Waals surface area contributed by atoms with Crippen LogP contribution in [0.1, 0.15) is 65.5 Å². The second kappa shape index (κ2) is 6.38. The molecule has 2 aromatic rings. The molecule has 0 bridgehead atoms. The zero-order valence-corrected chi connectivity index (χ0v) is 14.2. The highest BCUT2D eigenvalue weighted by Crippen LogP contribution is 2.33. The topological polar surface area (TPSA) is 51.0 Å². The highest BCUT2D eigenvalue weighted by Gasteiger charge is 2.33. The molecule has 1 fully saturated rings. The van der Waals surface area contributed by atoms with Crippen LogP contribution in [-0.2, 0) is 19.9 Å². The van der Waals surface area contributed by atoms with Crippen LogP contribution in [0, 0.1) is 0 Å². The van der Waals surface area contributed by atoms with Crippen molar-refractivity contribution in [1.29, 1.82) is 0 Å². The van der Waals surface area contributed by atoms with Gasteiger partial charge in [0.05, 0.1) is 11.7 Å². The van der Waals surface area contributed by atoms with Crippen molar-refractivity contribution in [2.75, 3.05) is 6.54 Å². The predicted molar refractivity (Wildman–Crippen MR) is 91.7 cm³/mol. The van der Waals surface area contributed by atoms with E-state index in [4.69, 9.17) is 0 Å². The number of rotatable bonds is 2. The molecule has 0 aromatic carbocycles. The van der Waals surface area contributed by atoms with Gasteiger partial charge >= 0.3 is 0 Å². The van der Waals surface area contributed by atoms with Crippen LogP contribution in [0.25, 0.3) is 0 Å². The van der Waals surface area contributed by atoms with Crippen LogP contribution in [0.5, 0.6) is 0 Å². The number of aryl methyl sites for hydroxylation is 2. The van der Waals surface area contributed by atoms with Crippen molar-refractivity contribution in [2.45, 2.75) is 51.0 Å². The molecular formula is C19H24N4O. The molecule has 5 nitrogen and oxygen atoms in total. The van der Waals surface area contributed by atoms with Crippen LogP contribution in [0.4, 0.5) is 0 Å². The lowest BCUT2D eigenvalue weighted by Crippen LogP contribution is -2.39. The first-order valence-corrected chi connectivity index (χ1v) is 9.01. The van der Waals surface area contributed by atoms with Gasteiger partial charge in [0.25, 0.3) is 5.91 Å². The normalized spacial score (nSPS) is 20.7. The van der Waals surface area contributed by atoms with Crippen LogP contribution in [0.15, 0.2) is 24.5 Å². The van der Waals surface area contributed by atoms with Crippen molar-refractivity contribution >= 4 is 5.91 Å². The fourth-order valence-corrected chi connectivity index (χ4v) is 4.18. The van der Waals surface area contributed by atoms with Crippen molar-refractivity contribution in [3.63, 3.8) is 0 Å². The summed E-state index contributed by atoms with van der Waals surface area (Å²) in [6.07, 6.45) is 11.3. The fourth-order valence-electron chi connectivity index (χ4n) is 4.18. The minimum absolute atomic E-state index is 0.133. The Bertz CT molecular complexity index is 737. The average Bonchev–Trinajstić information content (AvgIpc) is 2.97. The zero-order valence-electron chi connectivity index (χ0n) is 14.2. The fraction of sp³-hybridized carbons (Fsp3) is 0.526. The van der Waals surface area contributed by atoms with Crippen molar-refractivity contribution in [2.24, 2.45) is 7.05 Å². The van der Waals surface area contributed by atoms with Gasteiger partial charge < -0.3 is 4.90 Å². The van der Waals surface area contributed by atoms with Gasteiger partial charge in [0.1, 0.15) is 5.69 Å². The first-order valence-electron chi connectivity index (χ1n) is 9.01. The third-order valence-corrected chi connectivity index (χ3v) is 5.35. The van der Waals surface area contributed by atoms with E-state index in [0.29, 0.717) is 0 Å². The monoisotopic (exact) mass is 324 g/mol. The molecule has 1 atom stereocenters. The maximum Gasteiger partial charge on any atom is 0.272 e. The van der Waals surface area contributed by atoms with Gasteiger partial charge in [-0.15, -0.1) is 0 Å². The number of pyridine rings is 1. The molecule has 2 aliphatic rings. The van der Waals surface area contributed by atoms with Gasteiger partial charge in [-0.1, -0.05) is 6.07 Å². The Hall–Kier alpha value is -2.17. The summed E-state index contributed by atoms with van der Waals surface area (Å²) in [6, 6.07) is 4.18. The minimum atomic E-state index is 0.133. The number of hydrogen-bond acceptors (Lipinski definition) is 3. The van der Waals surface area contributed by atoms with Crippen LogP contribution < -0.4 is 0 Å². The molecule has 1 unspecified atom stereocenters. The van der Waals surface area contributed by atoms with Gasteiger partial charge in [0.2, 0.25) is 0 Å². The third-order valence-electron chi connectivity index (χ3n) is 5.35. The lowest BCUT2D eigenvalue weighted by Gasteiger charge is -2.36. The SMILES string of the molecule is Cn1nc2c(c1C(=O)N1CCCCC1c1cccnc1)CCCC2. The molecule has 2 aromatic heterocycles. The van der Waals surface area contributed by atoms with Crippen LogP contribution in [0.3, 0.4) is 0 Å². The second-order valence-corrected chi connectivity index (χ2v) is 6.90. The number of fused-ring (bicyclic) bond motifs is 1. The molecule has 0 spiro atoms. The van der Waals surface area contributed by atoms with Crippen molar-refractivity contribution in [3.05, 3.63) is 47.0 Å². The van der Waals surface area contributed by atoms with Gasteiger partial charge in [-0.2, -0.15) is 5.10 Å². The lowest BCUT2D eigenvalue weighted by atomic mass is 9.93. The summed E-state index contributed by atoms with van der Waals surface area (Å²) in [4.78, 5) is 19.7. The summed E-state index contributed by atoms with van der Waals surface area (Å²) < 4.78 is 1.81. The van der Waals surface area contributed by atoms with E-state index in [1.165, 1.54) is 12.0 Å². The van der Waals surface area contributed by atoms with Crippen molar-refractivity contribution in [1.82, 2.24) is 19.7 Å². The number of carbonyl (C=O) groups is 1. The van der Waals surface area contributed by atoms with Crippen LogP contribution in [0.2, 0.25) is 0 Å². The standard InChI is InChI=1S/C19H24N4O/c1-22-18(15-8-2-3-9-16(15)21-22)19(24)23-12-5-4-10-17(23)14-7-6-11-20-13-14/h6-7,11,13,17H,2-5,8-10,12H2,1H3. The molecular weight excluding hydrogens is 300 g/mol. The molecule has 24 heavy (non-hydrogen) atoms. The van der Waals surface area contributed by atoms with E-state index in [1.807, 2.05) is 28.9 Å². The number of aromatic nitrogens is 3. The van der Waals surface area contributed by atoms with Crippen LogP contribution in [-0.4, -0.2) is 32.1 Å². The molecule has 5 heteroatoms. The summed E-state index contributed by atoms with van der Waals surface area (Å²) in [6.45, 7) is 0.818. The van der Waals surface area contributed by atoms with Gasteiger partial charge in [-0.05, 0) is 56.6 Å². The summed E-state index contributed by atoms with van der Waals surface area (Å²) in [5.74, 6) is 0.140. The molecule has 126 valence electrons. The van der Waals surface area contributed by atoms with E-state index in [9.17, 15) is 4.79 Å². The number of carbonyl (C=O) groups excluding carboxylic acids is 1. The van der Waals surface area contributed by atoms with Gasteiger partial charge in [-0.25, -0.2) is 0 Å². The Morgan fingerprint density at radius 1 is 1.21 bits per heavy atom. The maximum absolute atomic E-state index is 13.4. The number of hydrogen-bond donors (Lipinski definition) is 0. The zero-order chi connectivity index (χ0) is 16.5. The first-order chi connectivity index (χ1) is 11.8. The van der Waals surface area contributed by atoms with E-state index < -0.39 is 0 Å². The Morgan fingerprint density at radius 3 is 2.92 bits per heavy atom. The van der Waals surface area contributed by atoms with E-state index in [1.54, 1.807) is 6.20 Å². The first kappa shape index (κ1) is 15.4. The molecule has 0 saturated carbocycles. The largest absolute Gasteiger partial charge is 0.330 e. The summed E-state index contributed by atoms with van der Waals surface area (Å²) in [7, 11) is 1.91. The highest BCUT2D eigenvalue weighted by atomic mass is 16.2. The molecule has 1 aliphatic heterocycles. The summed E-state index contributed by atoms with van der Waals surface area (Å²) in [5, 5.41) is 4.62. The summed E-state index contributed by atoms with van der Waals surface area (Å²) >= 11 is 0. The quantitative estimate of drug-likeness (QED) is 0.853. The van der Waals surface area contributed by atoms with E-state index in [0.717, 1.165) is 62.0 Å². The third kappa shape index (κ3) is 2.62. The molecule has 3 heterocycles. The molecule has 0 N–H and O–H groups in total. The Labute approximate surface area is 142 Å². The molecule has 1 saturated heterocycles. The average molecular weight is 324 g/mol. The number of piperidine rings is 1. The Morgan fingerprint density at radius 2 is 2.08 bits per heavy atom. The van der Waals surface area contributed by atoms with Gasteiger partial charge in [0.15, 0.2) is 0 Å². The summed E-state index contributed by atoms with van der Waals surface area (Å²) in [5.41, 5.74) is 4.26. The van der Waals surface area contributed by atoms with Gasteiger partial charge in [0, 0.05) is 31.5 Å². The molecule has 4 rings (SSSR count). The number of likely N-dealkylation sites (tertiary alicyclic amines) is 1. The number of amides is 1. The Kier molecular flexibility index (Phi) is 4.08. The maximum atomic E-state index is 13.4. The van der Waals surface area contributed by atoms with Crippen molar-refractivity contribution in [3.8, 4) is 0 Å².